The van der Waals surface area contributed by atoms with E-state index in [1.807, 2.05) is 0 Å². The highest BCUT2D eigenvalue weighted by atomic mass is 16.7. The molecule has 0 radical (unpaired) electrons. The summed E-state index contributed by atoms with van der Waals surface area (Å²) in [6, 6.07) is 0. The lowest BCUT2D eigenvalue weighted by molar-refractivity contribution is -0.173. The highest BCUT2D eigenvalue weighted by Gasteiger charge is 2.13. The van der Waals surface area contributed by atoms with Crippen LogP contribution in [0.2, 0.25) is 0 Å². The maximum absolute atomic E-state index is 11.5. The minimum Gasteiger partial charge on any atom is -0.463 e. The van der Waals surface area contributed by atoms with Crippen molar-refractivity contribution in [3.63, 3.8) is 0 Å². The van der Waals surface area contributed by atoms with Crippen LogP contribution in [0.1, 0.15) is 77.6 Å². The number of unbranched alkanes of at least 4 members (excludes halogenated alkanes) is 6. The fraction of sp³-hybridized carbons (Fsp3) is 0.941. The van der Waals surface area contributed by atoms with E-state index in [-0.39, 0.29) is 12.3 Å². The second kappa shape index (κ2) is 13.1. The first-order chi connectivity index (χ1) is 10.3. The zero-order chi connectivity index (χ0) is 15.2. The standard InChI is InChI=1S/C17H32O4/c1-2-3-4-5-6-7-8-11-16(18)19-14-15-21-17-12-9-10-13-20-17/h17H,2-15H2,1H3. The van der Waals surface area contributed by atoms with E-state index >= 15 is 0 Å². The van der Waals surface area contributed by atoms with Gasteiger partial charge in [0.1, 0.15) is 6.61 Å². The van der Waals surface area contributed by atoms with Gasteiger partial charge in [-0.25, -0.2) is 0 Å². The van der Waals surface area contributed by atoms with E-state index in [0.717, 1.165) is 38.7 Å². The van der Waals surface area contributed by atoms with Crippen molar-refractivity contribution in [3.8, 4) is 0 Å². The highest BCUT2D eigenvalue weighted by Crippen LogP contribution is 2.13. The number of hydrogen-bond donors (Lipinski definition) is 0. The summed E-state index contributed by atoms with van der Waals surface area (Å²) in [4.78, 5) is 11.5. The smallest absolute Gasteiger partial charge is 0.305 e. The minimum absolute atomic E-state index is 0.0967. The molecule has 1 fully saturated rings. The predicted molar refractivity (Wildman–Crippen MR) is 83.1 cm³/mol. The van der Waals surface area contributed by atoms with E-state index in [0.29, 0.717) is 19.6 Å². The van der Waals surface area contributed by atoms with E-state index in [1.54, 1.807) is 0 Å². The van der Waals surface area contributed by atoms with Crippen LogP contribution in [0.3, 0.4) is 0 Å². The van der Waals surface area contributed by atoms with E-state index in [9.17, 15) is 4.79 Å². The summed E-state index contributed by atoms with van der Waals surface area (Å²) in [6.45, 7) is 3.78. The van der Waals surface area contributed by atoms with Crippen molar-refractivity contribution in [2.24, 2.45) is 0 Å². The van der Waals surface area contributed by atoms with Gasteiger partial charge in [-0.05, 0) is 25.7 Å². The van der Waals surface area contributed by atoms with E-state index in [4.69, 9.17) is 14.2 Å². The molecular weight excluding hydrogens is 268 g/mol. The second-order valence-corrected chi connectivity index (χ2v) is 5.76. The average molecular weight is 300 g/mol. The van der Waals surface area contributed by atoms with Gasteiger partial charge >= 0.3 is 5.97 Å². The van der Waals surface area contributed by atoms with Crippen LogP contribution in [0.5, 0.6) is 0 Å². The van der Waals surface area contributed by atoms with Gasteiger partial charge in [0.25, 0.3) is 0 Å². The molecule has 0 bridgehead atoms. The number of ether oxygens (including phenoxy) is 3. The van der Waals surface area contributed by atoms with Gasteiger partial charge in [-0.2, -0.15) is 0 Å². The molecule has 124 valence electrons. The normalized spacial score (nSPS) is 18.6. The maximum atomic E-state index is 11.5. The molecular formula is C17H32O4. The van der Waals surface area contributed by atoms with Gasteiger partial charge in [-0.1, -0.05) is 45.4 Å². The van der Waals surface area contributed by atoms with Crippen LogP contribution in [0.4, 0.5) is 0 Å². The van der Waals surface area contributed by atoms with Gasteiger partial charge in [-0.15, -0.1) is 0 Å². The molecule has 0 spiro atoms. The Bertz CT molecular complexity index is 249. The number of rotatable bonds is 12. The van der Waals surface area contributed by atoms with Crippen molar-refractivity contribution in [2.75, 3.05) is 19.8 Å². The van der Waals surface area contributed by atoms with Crippen molar-refractivity contribution >= 4 is 5.97 Å². The molecule has 1 aliphatic rings. The zero-order valence-electron chi connectivity index (χ0n) is 13.6. The van der Waals surface area contributed by atoms with Crippen LogP contribution < -0.4 is 0 Å². The van der Waals surface area contributed by atoms with Crippen LogP contribution in [0, 0.1) is 0 Å². The number of esters is 1. The Hall–Kier alpha value is -0.610. The molecule has 0 aromatic rings. The lowest BCUT2D eigenvalue weighted by Crippen LogP contribution is -2.24. The molecule has 1 aliphatic heterocycles. The Kier molecular flexibility index (Phi) is 11.5. The molecule has 1 heterocycles. The van der Waals surface area contributed by atoms with Crippen molar-refractivity contribution in [2.45, 2.75) is 83.8 Å². The third kappa shape index (κ3) is 10.7. The molecule has 1 rings (SSSR count). The predicted octanol–water partition coefficient (Wildman–Crippen LogP) is 4.21. The monoisotopic (exact) mass is 300 g/mol. The summed E-state index contributed by atoms with van der Waals surface area (Å²) in [5.41, 5.74) is 0. The molecule has 4 heteroatoms. The largest absolute Gasteiger partial charge is 0.463 e. The first-order valence-corrected chi connectivity index (χ1v) is 8.71. The quantitative estimate of drug-likeness (QED) is 0.400. The third-order valence-corrected chi connectivity index (χ3v) is 3.77. The average Bonchev–Trinajstić information content (AvgIpc) is 2.52. The lowest BCUT2D eigenvalue weighted by Gasteiger charge is -2.22. The van der Waals surface area contributed by atoms with Crippen LogP contribution in [0.25, 0.3) is 0 Å². The second-order valence-electron chi connectivity index (χ2n) is 5.76. The number of hydrogen-bond acceptors (Lipinski definition) is 4. The van der Waals surface area contributed by atoms with Gasteiger partial charge in [0.15, 0.2) is 6.29 Å². The first-order valence-electron chi connectivity index (χ1n) is 8.71. The third-order valence-electron chi connectivity index (χ3n) is 3.77. The first kappa shape index (κ1) is 18.4. The van der Waals surface area contributed by atoms with Gasteiger partial charge in [0.2, 0.25) is 0 Å². The van der Waals surface area contributed by atoms with Crippen LogP contribution in [0.15, 0.2) is 0 Å². The summed E-state index contributed by atoms with van der Waals surface area (Å²) >= 11 is 0. The Labute approximate surface area is 129 Å². The molecule has 0 N–H and O–H groups in total. The van der Waals surface area contributed by atoms with Crippen LogP contribution in [-0.2, 0) is 19.0 Å². The van der Waals surface area contributed by atoms with Crippen molar-refractivity contribution in [1.82, 2.24) is 0 Å². The van der Waals surface area contributed by atoms with Crippen molar-refractivity contribution in [3.05, 3.63) is 0 Å². The Morgan fingerprint density at radius 1 is 1.05 bits per heavy atom. The molecule has 21 heavy (non-hydrogen) atoms. The van der Waals surface area contributed by atoms with Crippen molar-refractivity contribution < 1.29 is 19.0 Å². The van der Waals surface area contributed by atoms with Crippen LogP contribution in [-0.4, -0.2) is 32.1 Å². The Balaban J connectivity index is 1.82. The summed E-state index contributed by atoms with van der Waals surface area (Å²) in [5.74, 6) is -0.100. The summed E-state index contributed by atoms with van der Waals surface area (Å²) in [5, 5.41) is 0. The van der Waals surface area contributed by atoms with Gasteiger partial charge in [-0.3, -0.25) is 4.79 Å². The van der Waals surface area contributed by atoms with E-state index in [2.05, 4.69) is 6.92 Å². The summed E-state index contributed by atoms with van der Waals surface area (Å²) in [6.07, 6.45) is 12.2. The molecule has 4 nitrogen and oxygen atoms in total. The molecule has 1 unspecified atom stereocenters. The molecule has 1 saturated heterocycles. The van der Waals surface area contributed by atoms with Gasteiger partial charge < -0.3 is 14.2 Å². The Morgan fingerprint density at radius 2 is 1.81 bits per heavy atom. The zero-order valence-corrected chi connectivity index (χ0v) is 13.6. The van der Waals surface area contributed by atoms with Crippen LogP contribution >= 0.6 is 0 Å². The van der Waals surface area contributed by atoms with Crippen molar-refractivity contribution in [1.29, 1.82) is 0 Å². The molecule has 0 aromatic heterocycles. The summed E-state index contributed by atoms with van der Waals surface area (Å²) < 4.78 is 16.1. The van der Waals surface area contributed by atoms with Gasteiger partial charge in [0, 0.05) is 13.0 Å². The number of carbonyl (C=O) groups is 1. The fourth-order valence-corrected chi connectivity index (χ4v) is 2.48. The lowest BCUT2D eigenvalue weighted by atomic mass is 10.1. The number of carbonyl (C=O) groups excluding carboxylic acids is 1. The minimum atomic E-state index is -0.100. The van der Waals surface area contributed by atoms with E-state index in [1.165, 1.54) is 32.1 Å². The Morgan fingerprint density at radius 3 is 2.52 bits per heavy atom. The van der Waals surface area contributed by atoms with Gasteiger partial charge in [0.05, 0.1) is 6.61 Å². The molecule has 0 aliphatic carbocycles. The molecule has 0 saturated carbocycles. The SMILES string of the molecule is CCCCCCCCCC(=O)OCCOC1CCCCO1. The van der Waals surface area contributed by atoms with E-state index < -0.39 is 0 Å². The molecule has 1 atom stereocenters. The maximum Gasteiger partial charge on any atom is 0.305 e. The fourth-order valence-electron chi connectivity index (χ4n) is 2.48. The molecule has 0 amide bonds. The topological polar surface area (TPSA) is 44.8 Å². The molecule has 0 aromatic carbocycles. The highest BCUT2D eigenvalue weighted by molar-refractivity contribution is 5.69. The summed E-state index contributed by atoms with van der Waals surface area (Å²) in [7, 11) is 0.